The van der Waals surface area contributed by atoms with Crippen LogP contribution in [0.1, 0.15) is 25.0 Å². The van der Waals surface area contributed by atoms with Gasteiger partial charge in [-0.15, -0.1) is 0 Å². The Morgan fingerprint density at radius 1 is 1.48 bits per heavy atom. The zero-order chi connectivity index (χ0) is 15.4. The Bertz CT molecular complexity index is 683. The van der Waals surface area contributed by atoms with Gasteiger partial charge in [0.05, 0.1) is 18.9 Å². The maximum Gasteiger partial charge on any atom is 0.178 e. The number of phenolic OH excluding ortho intramolecular Hbond substituents is 1. The fourth-order valence-corrected chi connectivity index (χ4v) is 2.28. The Kier molecular flexibility index (Phi) is 4.48. The van der Waals surface area contributed by atoms with Crippen LogP contribution < -0.4 is 4.74 Å². The van der Waals surface area contributed by atoms with Crippen LogP contribution in [0.15, 0.2) is 41.6 Å². The van der Waals surface area contributed by atoms with Gasteiger partial charge < -0.3 is 14.4 Å². The molecule has 4 heteroatoms. The Morgan fingerprint density at radius 3 is 2.81 bits per heavy atom. The Morgan fingerprint density at radius 2 is 2.24 bits per heavy atom. The van der Waals surface area contributed by atoms with Gasteiger partial charge in [0.2, 0.25) is 0 Å². The van der Waals surface area contributed by atoms with E-state index in [0.29, 0.717) is 17.1 Å². The number of benzene rings is 1. The van der Waals surface area contributed by atoms with E-state index in [4.69, 9.17) is 9.26 Å². The molecule has 0 unspecified atom stereocenters. The molecule has 0 atom stereocenters. The van der Waals surface area contributed by atoms with E-state index in [1.807, 2.05) is 26.0 Å². The Hall–Kier alpha value is -2.49. The van der Waals surface area contributed by atoms with Crippen LogP contribution in [0.3, 0.4) is 0 Å². The summed E-state index contributed by atoms with van der Waals surface area (Å²) in [6.07, 6.45) is 6.07. The van der Waals surface area contributed by atoms with Gasteiger partial charge in [-0.05, 0) is 30.5 Å². The first kappa shape index (κ1) is 14.9. The molecule has 1 aromatic carbocycles. The van der Waals surface area contributed by atoms with Gasteiger partial charge in [0, 0.05) is 11.6 Å². The first-order valence-corrected chi connectivity index (χ1v) is 6.80. The summed E-state index contributed by atoms with van der Waals surface area (Å²) in [6, 6.07) is 3.47. The molecule has 0 amide bonds. The average Bonchev–Trinajstić information content (AvgIpc) is 2.97. The summed E-state index contributed by atoms with van der Waals surface area (Å²) in [5, 5.41) is 14.1. The summed E-state index contributed by atoms with van der Waals surface area (Å²) >= 11 is 0. The topological polar surface area (TPSA) is 55.5 Å². The van der Waals surface area contributed by atoms with Crippen molar-refractivity contribution < 1.29 is 14.4 Å². The number of nitrogens with zero attached hydrogens (tertiary/aromatic N) is 1. The van der Waals surface area contributed by atoms with E-state index in [-0.39, 0.29) is 5.75 Å². The third-order valence-electron chi connectivity index (χ3n) is 3.44. The van der Waals surface area contributed by atoms with Crippen molar-refractivity contribution in [1.29, 1.82) is 0 Å². The zero-order valence-corrected chi connectivity index (χ0v) is 12.5. The summed E-state index contributed by atoms with van der Waals surface area (Å²) < 4.78 is 10.6. The van der Waals surface area contributed by atoms with Gasteiger partial charge in [0.15, 0.2) is 5.76 Å². The maximum atomic E-state index is 10.3. The fourth-order valence-electron chi connectivity index (χ4n) is 2.28. The largest absolute Gasteiger partial charge is 0.507 e. The van der Waals surface area contributed by atoms with E-state index in [2.05, 4.69) is 11.7 Å². The van der Waals surface area contributed by atoms with Crippen LogP contribution in [0, 0.1) is 0 Å². The van der Waals surface area contributed by atoms with Crippen LogP contribution in [0.5, 0.6) is 11.5 Å². The molecule has 2 aromatic rings. The number of rotatable bonds is 5. The number of methoxy groups -OCH3 is 1. The number of allylic oxidation sites excluding steroid dienone is 3. The molecule has 0 aliphatic carbocycles. The molecular formula is C17H19NO3. The van der Waals surface area contributed by atoms with E-state index in [1.165, 1.54) is 0 Å². The molecule has 0 aliphatic rings. The molecule has 1 heterocycles. The summed E-state index contributed by atoms with van der Waals surface area (Å²) in [6.45, 7) is 7.73. The van der Waals surface area contributed by atoms with Crippen molar-refractivity contribution in [3.63, 3.8) is 0 Å². The minimum Gasteiger partial charge on any atom is -0.507 e. The van der Waals surface area contributed by atoms with Gasteiger partial charge in [-0.25, -0.2) is 0 Å². The molecule has 110 valence electrons. The van der Waals surface area contributed by atoms with Gasteiger partial charge in [0.1, 0.15) is 11.5 Å². The van der Waals surface area contributed by atoms with Crippen molar-refractivity contribution in [3.05, 3.63) is 48.2 Å². The predicted molar refractivity (Wildman–Crippen MR) is 83.4 cm³/mol. The second-order valence-electron chi connectivity index (χ2n) is 4.55. The highest BCUT2D eigenvalue weighted by molar-refractivity contribution is 5.84. The highest BCUT2D eigenvalue weighted by atomic mass is 16.5. The van der Waals surface area contributed by atoms with E-state index < -0.39 is 0 Å². The SMILES string of the molecule is C=C/C(=C\C)c1cnoc1-c1cc(CC)c(OC)cc1O. The molecule has 1 N–H and O–H groups in total. The van der Waals surface area contributed by atoms with Crippen LogP contribution in [-0.4, -0.2) is 17.4 Å². The van der Waals surface area contributed by atoms with Crippen molar-refractivity contribution in [1.82, 2.24) is 5.16 Å². The summed E-state index contributed by atoms with van der Waals surface area (Å²) in [4.78, 5) is 0. The molecule has 21 heavy (non-hydrogen) atoms. The van der Waals surface area contributed by atoms with Crippen molar-refractivity contribution in [2.45, 2.75) is 20.3 Å². The second-order valence-corrected chi connectivity index (χ2v) is 4.55. The molecular weight excluding hydrogens is 266 g/mol. The van der Waals surface area contributed by atoms with Crippen molar-refractivity contribution in [3.8, 4) is 22.8 Å². The van der Waals surface area contributed by atoms with Gasteiger partial charge in [0.25, 0.3) is 0 Å². The molecule has 0 radical (unpaired) electrons. The van der Waals surface area contributed by atoms with Gasteiger partial charge >= 0.3 is 0 Å². The van der Waals surface area contributed by atoms with E-state index in [0.717, 1.165) is 23.1 Å². The summed E-state index contributed by atoms with van der Waals surface area (Å²) in [5.41, 5.74) is 3.30. The number of aromatic hydroxyl groups is 1. The smallest absolute Gasteiger partial charge is 0.178 e. The van der Waals surface area contributed by atoms with E-state index in [1.54, 1.807) is 25.4 Å². The quantitative estimate of drug-likeness (QED) is 0.836. The number of hydrogen-bond donors (Lipinski definition) is 1. The number of ether oxygens (including phenoxy) is 1. The lowest BCUT2D eigenvalue weighted by Crippen LogP contribution is -1.92. The Labute approximate surface area is 124 Å². The normalized spacial score (nSPS) is 11.5. The maximum absolute atomic E-state index is 10.3. The molecule has 0 fully saturated rings. The van der Waals surface area contributed by atoms with Crippen LogP contribution in [0.25, 0.3) is 16.9 Å². The van der Waals surface area contributed by atoms with Crippen molar-refractivity contribution in [2.24, 2.45) is 0 Å². The molecule has 0 bridgehead atoms. The lowest BCUT2D eigenvalue weighted by atomic mass is 9.99. The van der Waals surface area contributed by atoms with Crippen LogP contribution in [-0.2, 0) is 6.42 Å². The van der Waals surface area contributed by atoms with Crippen molar-refractivity contribution >= 4 is 5.57 Å². The van der Waals surface area contributed by atoms with Gasteiger partial charge in [-0.2, -0.15) is 0 Å². The highest BCUT2D eigenvalue weighted by Gasteiger charge is 2.18. The molecule has 0 spiro atoms. The predicted octanol–water partition coefficient (Wildman–Crippen LogP) is 4.21. The van der Waals surface area contributed by atoms with Crippen molar-refractivity contribution in [2.75, 3.05) is 7.11 Å². The minimum atomic E-state index is 0.0987. The average molecular weight is 285 g/mol. The first-order chi connectivity index (χ1) is 10.2. The molecule has 0 saturated carbocycles. The molecule has 4 nitrogen and oxygen atoms in total. The second kappa shape index (κ2) is 6.31. The standard InChI is InChI=1S/C17H19NO3/c1-5-11(6-2)14-10-18-21-17(14)13-8-12(7-3)16(20-4)9-15(13)19/h5-6,8-10,19H,1,7H2,2-4H3/b11-6+. The molecule has 2 rings (SSSR count). The third kappa shape index (κ3) is 2.70. The van der Waals surface area contributed by atoms with Crippen LogP contribution in [0.4, 0.5) is 0 Å². The minimum absolute atomic E-state index is 0.0987. The van der Waals surface area contributed by atoms with E-state index in [9.17, 15) is 5.11 Å². The molecule has 0 aliphatic heterocycles. The monoisotopic (exact) mass is 285 g/mol. The third-order valence-corrected chi connectivity index (χ3v) is 3.44. The lowest BCUT2D eigenvalue weighted by molar-refractivity contribution is 0.401. The molecule has 1 aromatic heterocycles. The zero-order valence-electron chi connectivity index (χ0n) is 12.5. The summed E-state index contributed by atoms with van der Waals surface area (Å²) in [5.74, 6) is 1.29. The fraction of sp³-hybridized carbons (Fsp3) is 0.235. The van der Waals surface area contributed by atoms with Crippen LogP contribution >= 0.6 is 0 Å². The first-order valence-electron chi connectivity index (χ1n) is 6.80. The lowest BCUT2D eigenvalue weighted by Gasteiger charge is -2.11. The van der Waals surface area contributed by atoms with E-state index >= 15 is 0 Å². The van der Waals surface area contributed by atoms with Crippen LogP contribution in [0.2, 0.25) is 0 Å². The Balaban J connectivity index is 2.63. The number of aryl methyl sites for hydroxylation is 1. The molecule has 0 saturated heterocycles. The number of phenols is 1. The highest BCUT2D eigenvalue weighted by Crippen LogP contribution is 2.39. The van der Waals surface area contributed by atoms with Gasteiger partial charge in [-0.1, -0.05) is 30.8 Å². The van der Waals surface area contributed by atoms with Gasteiger partial charge in [-0.3, -0.25) is 0 Å². The summed E-state index contributed by atoms with van der Waals surface area (Å²) in [7, 11) is 1.59. The number of hydrogen-bond acceptors (Lipinski definition) is 4. The number of aromatic nitrogens is 1.